The number of alkyl halides is 1. The van der Waals surface area contributed by atoms with Crippen molar-refractivity contribution in [1.29, 1.82) is 0 Å². The molecule has 0 bridgehead atoms. The fourth-order valence-corrected chi connectivity index (χ4v) is 2.92. The van der Waals surface area contributed by atoms with Gasteiger partial charge in [-0.3, -0.25) is 4.98 Å². The first-order valence-electron chi connectivity index (χ1n) is 8.11. The molecule has 0 spiro atoms. The van der Waals surface area contributed by atoms with Crippen LogP contribution in [0.2, 0.25) is 0 Å². The smallest absolute Gasteiger partial charge is 0.234 e. The average Bonchev–Trinajstić information content (AvgIpc) is 3.01. The highest BCUT2D eigenvalue weighted by Gasteiger charge is 2.33. The molecule has 1 aliphatic rings. The Balaban J connectivity index is 1.70. The molecule has 1 fully saturated rings. The molecule has 1 saturated heterocycles. The number of aliphatic hydroxyl groups excluding tert-OH is 1. The van der Waals surface area contributed by atoms with Crippen LogP contribution >= 0.6 is 0 Å². The van der Waals surface area contributed by atoms with Gasteiger partial charge in [0, 0.05) is 26.2 Å². The lowest BCUT2D eigenvalue weighted by atomic mass is 10.2. The van der Waals surface area contributed by atoms with E-state index in [9.17, 15) is 4.39 Å². The first-order valence-corrected chi connectivity index (χ1v) is 8.11. The Morgan fingerprint density at radius 2 is 2.28 bits per heavy atom. The summed E-state index contributed by atoms with van der Waals surface area (Å²) < 4.78 is 19.3. The van der Waals surface area contributed by atoms with Crippen LogP contribution in [0.15, 0.2) is 31.0 Å². The predicted octanol–water partition coefficient (Wildman–Crippen LogP) is 0.691. The second kappa shape index (κ2) is 8.02. The van der Waals surface area contributed by atoms with Gasteiger partial charge < -0.3 is 19.6 Å². The lowest BCUT2D eigenvalue weighted by Crippen LogP contribution is -2.39. The van der Waals surface area contributed by atoms with Gasteiger partial charge in [0.2, 0.25) is 5.88 Å². The average molecular weight is 348 g/mol. The summed E-state index contributed by atoms with van der Waals surface area (Å²) in [6.07, 6.45) is 5.79. The molecule has 0 amide bonds. The Hall–Kier alpha value is -2.55. The SMILES string of the molecule is CN(C[C@@H]1C[C@H](F)CN1c1ccncn1)c1cncc(OCCO)n1. The summed E-state index contributed by atoms with van der Waals surface area (Å²) in [5.41, 5.74) is 0. The van der Waals surface area contributed by atoms with Gasteiger partial charge in [0.25, 0.3) is 0 Å². The molecule has 0 unspecified atom stereocenters. The van der Waals surface area contributed by atoms with Gasteiger partial charge in [-0.1, -0.05) is 0 Å². The van der Waals surface area contributed by atoms with E-state index in [1.807, 2.05) is 16.8 Å². The molecule has 1 N–H and O–H groups in total. The lowest BCUT2D eigenvalue weighted by molar-refractivity contribution is 0.196. The van der Waals surface area contributed by atoms with E-state index < -0.39 is 6.17 Å². The molecule has 0 saturated carbocycles. The van der Waals surface area contributed by atoms with E-state index in [1.54, 1.807) is 18.5 Å². The minimum Gasteiger partial charge on any atom is -0.474 e. The maximum Gasteiger partial charge on any atom is 0.234 e. The number of aromatic nitrogens is 4. The topological polar surface area (TPSA) is 87.5 Å². The van der Waals surface area contributed by atoms with Gasteiger partial charge in [-0.25, -0.2) is 14.4 Å². The summed E-state index contributed by atoms with van der Waals surface area (Å²) in [6.45, 7) is 0.967. The van der Waals surface area contributed by atoms with Crippen molar-refractivity contribution in [3.05, 3.63) is 31.0 Å². The number of nitrogens with zero attached hydrogens (tertiary/aromatic N) is 6. The van der Waals surface area contributed by atoms with Crippen molar-refractivity contribution in [2.24, 2.45) is 0 Å². The van der Waals surface area contributed by atoms with E-state index in [2.05, 4.69) is 19.9 Å². The van der Waals surface area contributed by atoms with Crippen molar-refractivity contribution in [3.63, 3.8) is 0 Å². The van der Waals surface area contributed by atoms with Gasteiger partial charge in [-0.05, 0) is 6.07 Å². The molecular weight excluding hydrogens is 327 g/mol. The zero-order valence-electron chi connectivity index (χ0n) is 14.0. The molecule has 2 aromatic rings. The van der Waals surface area contributed by atoms with Crippen molar-refractivity contribution < 1.29 is 14.2 Å². The summed E-state index contributed by atoms with van der Waals surface area (Å²) >= 11 is 0. The Kier molecular flexibility index (Phi) is 5.54. The van der Waals surface area contributed by atoms with Gasteiger partial charge in [-0.15, -0.1) is 0 Å². The fourth-order valence-electron chi connectivity index (χ4n) is 2.92. The standard InChI is InChI=1S/C16H21FN6O2/c1-22(15-7-19-8-16(21-15)25-5-4-24)10-13-6-12(17)9-23(13)14-2-3-18-11-20-14/h2-3,7-8,11-13,24H,4-6,9-10H2,1H3/t12-,13-/m0/s1. The second-order valence-corrected chi connectivity index (χ2v) is 5.87. The molecule has 1 aliphatic heterocycles. The Labute approximate surface area is 145 Å². The number of likely N-dealkylation sites (N-methyl/N-ethyl adjacent to an activating group) is 1. The van der Waals surface area contributed by atoms with E-state index in [-0.39, 0.29) is 19.3 Å². The van der Waals surface area contributed by atoms with Gasteiger partial charge in [0.15, 0.2) is 5.82 Å². The normalized spacial score (nSPS) is 19.9. The highest BCUT2D eigenvalue weighted by atomic mass is 19.1. The van der Waals surface area contributed by atoms with E-state index >= 15 is 0 Å². The number of hydrogen-bond donors (Lipinski definition) is 1. The van der Waals surface area contributed by atoms with Crippen LogP contribution in [-0.4, -0.2) is 70.6 Å². The maximum absolute atomic E-state index is 14.0. The van der Waals surface area contributed by atoms with E-state index in [0.29, 0.717) is 31.2 Å². The van der Waals surface area contributed by atoms with Crippen LogP contribution in [0.4, 0.5) is 16.0 Å². The van der Waals surface area contributed by atoms with Crippen LogP contribution in [0.1, 0.15) is 6.42 Å². The minimum atomic E-state index is -0.890. The number of ether oxygens (including phenoxy) is 1. The Morgan fingerprint density at radius 1 is 1.40 bits per heavy atom. The zero-order valence-corrected chi connectivity index (χ0v) is 14.0. The number of rotatable bonds is 7. The predicted molar refractivity (Wildman–Crippen MR) is 90.6 cm³/mol. The third-order valence-electron chi connectivity index (χ3n) is 4.04. The largest absolute Gasteiger partial charge is 0.474 e. The summed E-state index contributed by atoms with van der Waals surface area (Å²) in [5, 5.41) is 8.82. The third-order valence-corrected chi connectivity index (χ3v) is 4.04. The first kappa shape index (κ1) is 17.3. The van der Waals surface area contributed by atoms with Crippen molar-refractivity contribution in [1.82, 2.24) is 19.9 Å². The van der Waals surface area contributed by atoms with E-state index in [0.717, 1.165) is 5.82 Å². The van der Waals surface area contributed by atoms with Crippen LogP contribution < -0.4 is 14.5 Å². The minimum absolute atomic E-state index is 0.0290. The molecular formula is C16H21FN6O2. The van der Waals surface area contributed by atoms with Gasteiger partial charge >= 0.3 is 0 Å². The van der Waals surface area contributed by atoms with Crippen molar-refractivity contribution in [2.75, 3.05) is 43.2 Å². The molecule has 2 atom stereocenters. The van der Waals surface area contributed by atoms with Crippen molar-refractivity contribution >= 4 is 11.6 Å². The molecule has 0 radical (unpaired) electrons. The third kappa shape index (κ3) is 4.30. The molecule has 3 rings (SSSR count). The highest BCUT2D eigenvalue weighted by Crippen LogP contribution is 2.26. The van der Waals surface area contributed by atoms with Crippen LogP contribution in [0.5, 0.6) is 5.88 Å². The molecule has 134 valence electrons. The summed E-state index contributed by atoms with van der Waals surface area (Å²) in [6, 6.07) is 1.76. The maximum atomic E-state index is 14.0. The molecule has 3 heterocycles. The Morgan fingerprint density at radius 3 is 3.04 bits per heavy atom. The summed E-state index contributed by atoms with van der Waals surface area (Å²) in [5.74, 6) is 1.70. The van der Waals surface area contributed by atoms with Crippen LogP contribution in [0.3, 0.4) is 0 Å². The van der Waals surface area contributed by atoms with Crippen LogP contribution in [0.25, 0.3) is 0 Å². The monoisotopic (exact) mass is 348 g/mol. The zero-order chi connectivity index (χ0) is 17.6. The highest BCUT2D eigenvalue weighted by molar-refractivity contribution is 5.43. The molecule has 25 heavy (non-hydrogen) atoms. The fraction of sp³-hybridized carbons (Fsp3) is 0.500. The second-order valence-electron chi connectivity index (χ2n) is 5.87. The lowest BCUT2D eigenvalue weighted by Gasteiger charge is -2.29. The number of halogens is 1. The van der Waals surface area contributed by atoms with Gasteiger partial charge in [0.05, 0.1) is 31.6 Å². The van der Waals surface area contributed by atoms with Crippen LogP contribution in [0, 0.1) is 0 Å². The van der Waals surface area contributed by atoms with E-state index in [1.165, 1.54) is 12.5 Å². The molecule has 0 aromatic carbocycles. The summed E-state index contributed by atoms with van der Waals surface area (Å²) in [4.78, 5) is 20.5. The number of hydrogen-bond acceptors (Lipinski definition) is 8. The van der Waals surface area contributed by atoms with Crippen molar-refractivity contribution in [2.45, 2.75) is 18.6 Å². The quantitative estimate of drug-likeness (QED) is 0.782. The van der Waals surface area contributed by atoms with E-state index in [4.69, 9.17) is 9.84 Å². The summed E-state index contributed by atoms with van der Waals surface area (Å²) in [7, 11) is 1.88. The van der Waals surface area contributed by atoms with Crippen molar-refractivity contribution in [3.8, 4) is 5.88 Å². The Bertz CT molecular complexity index is 677. The van der Waals surface area contributed by atoms with Crippen LogP contribution in [-0.2, 0) is 0 Å². The molecule has 8 nitrogen and oxygen atoms in total. The van der Waals surface area contributed by atoms with Gasteiger partial charge in [0.1, 0.15) is 24.9 Å². The first-order chi connectivity index (χ1) is 12.2. The number of aliphatic hydroxyl groups is 1. The van der Waals surface area contributed by atoms with Gasteiger partial charge in [-0.2, -0.15) is 4.98 Å². The molecule has 0 aliphatic carbocycles. The number of anilines is 2. The molecule has 9 heteroatoms. The molecule has 2 aromatic heterocycles.